The molecule has 1 aliphatic heterocycles. The number of benzene rings is 1. The predicted octanol–water partition coefficient (Wildman–Crippen LogP) is 2.63. The molecule has 2 aliphatic rings. The van der Waals surface area contributed by atoms with E-state index in [1.54, 1.807) is 0 Å². The van der Waals surface area contributed by atoms with Crippen LogP contribution in [0.5, 0.6) is 0 Å². The predicted molar refractivity (Wildman–Crippen MR) is 66.5 cm³/mol. The van der Waals surface area contributed by atoms with Crippen molar-refractivity contribution in [3.63, 3.8) is 0 Å². The van der Waals surface area contributed by atoms with Crippen molar-refractivity contribution < 1.29 is 0 Å². The van der Waals surface area contributed by atoms with Gasteiger partial charge in [-0.3, -0.25) is 4.90 Å². The van der Waals surface area contributed by atoms with Crippen LogP contribution in [-0.2, 0) is 6.54 Å². The molecule has 0 saturated heterocycles. The third kappa shape index (κ3) is 1.48. The SMILES string of the molecule is Cc1c(Cl)ccc2c1CN(C1CC1)C2CN. The molecule has 1 heterocycles. The molecule has 1 aromatic carbocycles. The van der Waals surface area contributed by atoms with Gasteiger partial charge in [-0.2, -0.15) is 0 Å². The van der Waals surface area contributed by atoms with Crippen LogP contribution in [0.3, 0.4) is 0 Å². The molecule has 1 aromatic rings. The average Bonchev–Trinajstić information content (AvgIpc) is 3.05. The maximum Gasteiger partial charge on any atom is 0.0480 e. The van der Waals surface area contributed by atoms with E-state index in [0.717, 1.165) is 17.6 Å². The maximum absolute atomic E-state index is 6.18. The van der Waals surface area contributed by atoms with Crippen LogP contribution in [0.1, 0.15) is 35.6 Å². The number of halogens is 1. The summed E-state index contributed by atoms with van der Waals surface area (Å²) < 4.78 is 0. The Labute approximate surface area is 101 Å². The van der Waals surface area contributed by atoms with Crippen molar-refractivity contribution in [3.05, 3.63) is 33.8 Å². The molecule has 0 radical (unpaired) electrons. The highest BCUT2D eigenvalue weighted by Gasteiger charge is 2.39. The van der Waals surface area contributed by atoms with Crippen molar-refractivity contribution in [2.45, 2.75) is 38.4 Å². The Morgan fingerprint density at radius 2 is 2.19 bits per heavy atom. The van der Waals surface area contributed by atoms with Gasteiger partial charge in [-0.25, -0.2) is 0 Å². The molecule has 1 saturated carbocycles. The van der Waals surface area contributed by atoms with Gasteiger partial charge in [-0.1, -0.05) is 17.7 Å². The van der Waals surface area contributed by atoms with Crippen molar-refractivity contribution in [2.24, 2.45) is 5.73 Å². The highest BCUT2D eigenvalue weighted by molar-refractivity contribution is 6.31. The molecular weight excluding hydrogens is 220 g/mol. The number of hydrogen-bond acceptors (Lipinski definition) is 2. The first-order valence-electron chi connectivity index (χ1n) is 5.96. The second-order valence-electron chi connectivity index (χ2n) is 4.90. The van der Waals surface area contributed by atoms with Gasteiger partial charge in [-0.05, 0) is 42.5 Å². The Morgan fingerprint density at radius 1 is 1.44 bits per heavy atom. The molecule has 16 heavy (non-hydrogen) atoms. The number of nitrogens with two attached hydrogens (primary N) is 1. The molecule has 86 valence electrons. The fraction of sp³-hybridized carbons (Fsp3) is 0.538. The summed E-state index contributed by atoms with van der Waals surface area (Å²) in [6.07, 6.45) is 2.66. The zero-order valence-corrected chi connectivity index (χ0v) is 10.3. The van der Waals surface area contributed by atoms with E-state index in [0.29, 0.717) is 12.6 Å². The lowest BCUT2D eigenvalue weighted by atomic mass is 10.0. The highest BCUT2D eigenvalue weighted by Crippen LogP contribution is 2.43. The van der Waals surface area contributed by atoms with Crippen LogP contribution >= 0.6 is 11.6 Å². The molecule has 2 nitrogen and oxygen atoms in total. The normalized spacial score (nSPS) is 24.8. The molecular formula is C13H17ClN2. The molecule has 0 amide bonds. The van der Waals surface area contributed by atoms with Gasteiger partial charge >= 0.3 is 0 Å². The Morgan fingerprint density at radius 3 is 2.81 bits per heavy atom. The third-order valence-corrected chi connectivity index (χ3v) is 4.32. The third-order valence-electron chi connectivity index (χ3n) is 3.91. The molecule has 2 N–H and O–H groups in total. The standard InChI is InChI=1S/C13H17ClN2/c1-8-11-7-16(9-2-3-9)13(6-15)10(11)4-5-12(8)14/h4-5,9,13H,2-3,6-7,15H2,1H3. The van der Waals surface area contributed by atoms with E-state index in [9.17, 15) is 0 Å². The summed E-state index contributed by atoms with van der Waals surface area (Å²) in [4.78, 5) is 2.55. The number of fused-ring (bicyclic) bond motifs is 1. The lowest BCUT2D eigenvalue weighted by Gasteiger charge is -2.23. The van der Waals surface area contributed by atoms with Gasteiger partial charge in [0.2, 0.25) is 0 Å². The topological polar surface area (TPSA) is 29.3 Å². The summed E-state index contributed by atoms with van der Waals surface area (Å²) >= 11 is 6.18. The van der Waals surface area contributed by atoms with Crippen LogP contribution in [0.25, 0.3) is 0 Å². The van der Waals surface area contributed by atoms with Crippen LogP contribution in [0.15, 0.2) is 12.1 Å². The van der Waals surface area contributed by atoms with E-state index >= 15 is 0 Å². The van der Waals surface area contributed by atoms with E-state index in [-0.39, 0.29) is 0 Å². The Balaban J connectivity index is 2.03. The van der Waals surface area contributed by atoms with Crippen LogP contribution in [0, 0.1) is 6.92 Å². The van der Waals surface area contributed by atoms with Gasteiger partial charge in [0.15, 0.2) is 0 Å². The molecule has 0 aromatic heterocycles. The van der Waals surface area contributed by atoms with E-state index in [1.165, 1.54) is 29.5 Å². The molecule has 0 spiro atoms. The van der Waals surface area contributed by atoms with Crippen molar-refractivity contribution >= 4 is 11.6 Å². The Kier molecular flexibility index (Phi) is 2.46. The van der Waals surface area contributed by atoms with Crippen LogP contribution in [0.2, 0.25) is 5.02 Å². The van der Waals surface area contributed by atoms with E-state index in [2.05, 4.69) is 17.9 Å². The summed E-state index contributed by atoms with van der Waals surface area (Å²) in [7, 11) is 0. The Bertz CT molecular complexity index is 426. The molecule has 3 heteroatoms. The fourth-order valence-electron chi connectivity index (χ4n) is 2.79. The molecule has 1 atom stereocenters. The van der Waals surface area contributed by atoms with E-state index in [1.807, 2.05) is 6.07 Å². The summed E-state index contributed by atoms with van der Waals surface area (Å²) in [5.41, 5.74) is 9.97. The molecule has 1 fully saturated rings. The van der Waals surface area contributed by atoms with Crippen LogP contribution in [-0.4, -0.2) is 17.5 Å². The smallest absolute Gasteiger partial charge is 0.0480 e. The molecule has 1 aliphatic carbocycles. The monoisotopic (exact) mass is 236 g/mol. The van der Waals surface area contributed by atoms with Gasteiger partial charge in [-0.15, -0.1) is 0 Å². The lowest BCUT2D eigenvalue weighted by molar-refractivity contribution is 0.209. The summed E-state index contributed by atoms with van der Waals surface area (Å²) in [5.74, 6) is 0. The first-order chi connectivity index (χ1) is 7.72. The zero-order chi connectivity index (χ0) is 11.3. The van der Waals surface area contributed by atoms with Gasteiger partial charge < -0.3 is 5.73 Å². The molecule has 3 rings (SSSR count). The quantitative estimate of drug-likeness (QED) is 0.856. The van der Waals surface area contributed by atoms with Gasteiger partial charge in [0, 0.05) is 30.2 Å². The Hall–Kier alpha value is -0.570. The second-order valence-corrected chi connectivity index (χ2v) is 5.30. The summed E-state index contributed by atoms with van der Waals surface area (Å²) in [6, 6.07) is 5.34. The summed E-state index contributed by atoms with van der Waals surface area (Å²) in [6.45, 7) is 3.87. The highest BCUT2D eigenvalue weighted by atomic mass is 35.5. The minimum absolute atomic E-state index is 0.415. The van der Waals surface area contributed by atoms with Gasteiger partial charge in [0.25, 0.3) is 0 Å². The van der Waals surface area contributed by atoms with Crippen molar-refractivity contribution in [2.75, 3.05) is 6.54 Å². The minimum Gasteiger partial charge on any atom is -0.329 e. The average molecular weight is 237 g/mol. The maximum atomic E-state index is 6.18. The minimum atomic E-state index is 0.415. The number of rotatable bonds is 2. The van der Waals surface area contributed by atoms with Crippen molar-refractivity contribution in [3.8, 4) is 0 Å². The van der Waals surface area contributed by atoms with E-state index < -0.39 is 0 Å². The molecule has 1 unspecified atom stereocenters. The van der Waals surface area contributed by atoms with Gasteiger partial charge in [0.05, 0.1) is 0 Å². The van der Waals surface area contributed by atoms with Gasteiger partial charge in [0.1, 0.15) is 0 Å². The fourth-order valence-corrected chi connectivity index (χ4v) is 2.97. The summed E-state index contributed by atoms with van der Waals surface area (Å²) in [5, 5.41) is 0.882. The first kappa shape index (κ1) is 10.6. The van der Waals surface area contributed by atoms with Crippen molar-refractivity contribution in [1.82, 2.24) is 4.90 Å². The van der Waals surface area contributed by atoms with Crippen molar-refractivity contribution in [1.29, 1.82) is 0 Å². The zero-order valence-electron chi connectivity index (χ0n) is 9.54. The largest absolute Gasteiger partial charge is 0.329 e. The second kappa shape index (κ2) is 3.73. The van der Waals surface area contributed by atoms with Crippen LogP contribution in [0.4, 0.5) is 0 Å². The first-order valence-corrected chi connectivity index (χ1v) is 6.34. The number of nitrogens with zero attached hydrogens (tertiary/aromatic N) is 1. The van der Waals surface area contributed by atoms with E-state index in [4.69, 9.17) is 17.3 Å². The van der Waals surface area contributed by atoms with Crippen LogP contribution < -0.4 is 5.73 Å². The molecule has 0 bridgehead atoms. The number of hydrogen-bond donors (Lipinski definition) is 1. The lowest BCUT2D eigenvalue weighted by Crippen LogP contribution is -2.29.